The van der Waals surface area contributed by atoms with E-state index in [1.165, 1.54) is 64.2 Å². The fraction of sp³-hybridized carbons (Fsp3) is 0.624. The van der Waals surface area contributed by atoms with Crippen molar-refractivity contribution in [2.24, 2.45) is 11.3 Å². The number of aryl methyl sites for hydroxylation is 4. The SMILES string of the molecule is CCC(C)CC(=O)Nc1nc2ccc(C)nc2n1C1CCC1.Cc1ccc2nc(NC(=O)CC3(C)CCCCC3)n(C3CCC3)c2n1.Cc1ccc2nc(NC(=O)CCOC(C)(C)C)n(C3CCC3)c2n1.Cc1ccc2nc(NC(=O)C[C@H]3CCCC(C)(C)O3)n(C3CCC3)c2n1.O=C(CCOC1CCCC1)Nc1nc2ccc(Cl)nc2n1C1CCC1. The van der Waals surface area contributed by atoms with Crippen LogP contribution in [0.15, 0.2) is 60.7 Å². The zero-order valence-corrected chi connectivity index (χ0v) is 74.7. The first-order valence-electron chi connectivity index (χ1n) is 45.5. The summed E-state index contributed by atoms with van der Waals surface area (Å²) in [5, 5.41) is 15.5. The number of nitrogens with zero attached hydrogens (tertiary/aromatic N) is 15. The first kappa shape index (κ1) is 88.9. The van der Waals surface area contributed by atoms with Crippen LogP contribution in [0, 0.1) is 39.0 Å². The molecule has 1 saturated heterocycles. The number of carbonyl (C=O) groups is 5. The molecule has 1 aliphatic heterocycles. The van der Waals surface area contributed by atoms with Gasteiger partial charge in [-0.15, -0.1) is 0 Å². The van der Waals surface area contributed by atoms with E-state index in [0.29, 0.717) is 122 Å². The van der Waals surface area contributed by atoms with Gasteiger partial charge in [-0.25, -0.2) is 49.8 Å². The van der Waals surface area contributed by atoms with Crippen molar-refractivity contribution in [2.75, 3.05) is 39.8 Å². The summed E-state index contributed by atoms with van der Waals surface area (Å²) in [6.07, 6.45) is 34.6. The number of rotatable bonds is 24. The van der Waals surface area contributed by atoms with E-state index in [2.05, 4.69) is 129 Å². The van der Waals surface area contributed by atoms with E-state index in [1.54, 1.807) is 6.07 Å². The summed E-state index contributed by atoms with van der Waals surface area (Å²) in [6.45, 7) is 25.4. The number of imidazole rings is 5. The van der Waals surface area contributed by atoms with Gasteiger partial charge in [-0.1, -0.05) is 70.9 Å². The number of pyridine rings is 5. The van der Waals surface area contributed by atoms with Gasteiger partial charge >= 0.3 is 0 Å². The number of hydrogen-bond acceptors (Lipinski definition) is 18. The third-order valence-corrected chi connectivity index (χ3v) is 25.8. The minimum absolute atomic E-state index is 0.0133. The highest BCUT2D eigenvalue weighted by molar-refractivity contribution is 6.29. The van der Waals surface area contributed by atoms with Gasteiger partial charge in [0.2, 0.25) is 59.3 Å². The van der Waals surface area contributed by atoms with Gasteiger partial charge in [0.05, 0.1) is 55.9 Å². The van der Waals surface area contributed by atoms with E-state index >= 15 is 0 Å². The monoisotopic (exact) mass is 1690 g/mol. The third-order valence-electron chi connectivity index (χ3n) is 25.6. The molecule has 11 heterocycles. The van der Waals surface area contributed by atoms with Crippen molar-refractivity contribution >= 4 is 127 Å². The lowest BCUT2D eigenvalue weighted by Gasteiger charge is -2.35. The Hall–Kier alpha value is -9.38. The Morgan fingerprint density at radius 2 is 0.795 bits per heavy atom. The number of hydrogen-bond donors (Lipinski definition) is 5. The van der Waals surface area contributed by atoms with Crippen LogP contribution < -0.4 is 26.6 Å². The topological polar surface area (TPSA) is 327 Å². The molecule has 0 aromatic carbocycles. The molecular weight excluding hydrogens is 1560 g/mol. The maximum absolute atomic E-state index is 12.7. The van der Waals surface area contributed by atoms with Crippen molar-refractivity contribution in [3.05, 3.63) is 88.6 Å². The van der Waals surface area contributed by atoms with Crippen LogP contribution in [-0.4, -0.2) is 139 Å². The average Bonchev–Trinajstić information content (AvgIpc) is 1.65. The molecule has 5 amide bonds. The van der Waals surface area contributed by atoms with E-state index in [0.717, 1.165) is 194 Å². The lowest BCUT2D eigenvalue weighted by Crippen LogP contribution is -2.37. The molecule has 7 aliphatic carbocycles. The molecular formula is C93H129ClN20O8. The Balaban J connectivity index is 0.000000125. The summed E-state index contributed by atoms with van der Waals surface area (Å²) < 4.78 is 28.0. The van der Waals surface area contributed by atoms with E-state index < -0.39 is 0 Å². The molecule has 7 saturated carbocycles. The van der Waals surface area contributed by atoms with E-state index in [4.69, 9.17) is 25.8 Å². The van der Waals surface area contributed by atoms with Gasteiger partial charge in [-0.05, 0) is 276 Å². The van der Waals surface area contributed by atoms with Crippen molar-refractivity contribution in [3.8, 4) is 0 Å². The second-order valence-electron chi connectivity index (χ2n) is 37.4. The van der Waals surface area contributed by atoms with Crippen LogP contribution >= 0.6 is 11.6 Å². The van der Waals surface area contributed by atoms with Crippen molar-refractivity contribution in [3.63, 3.8) is 0 Å². The molecule has 0 radical (unpaired) electrons. The van der Waals surface area contributed by atoms with Gasteiger partial charge in [0, 0.05) is 65.8 Å². The predicted octanol–water partition coefficient (Wildman–Crippen LogP) is 20.5. The Morgan fingerprint density at radius 1 is 0.434 bits per heavy atom. The van der Waals surface area contributed by atoms with Gasteiger partial charge in [0.1, 0.15) is 32.7 Å². The molecule has 1 unspecified atom stereocenters. The highest BCUT2D eigenvalue weighted by Gasteiger charge is 2.36. The normalized spacial score (nSPS) is 18.9. The van der Waals surface area contributed by atoms with Gasteiger partial charge in [-0.3, -0.25) is 73.4 Å². The largest absolute Gasteiger partial charge is 0.378 e. The molecule has 10 aromatic heterocycles. The van der Waals surface area contributed by atoms with Crippen molar-refractivity contribution < 1.29 is 38.2 Å². The van der Waals surface area contributed by atoms with Crippen LogP contribution in [-0.2, 0) is 38.2 Å². The number of halogens is 1. The van der Waals surface area contributed by atoms with Crippen LogP contribution in [0.4, 0.5) is 29.7 Å². The van der Waals surface area contributed by atoms with Crippen LogP contribution in [0.5, 0.6) is 0 Å². The first-order valence-corrected chi connectivity index (χ1v) is 45.8. The standard InChI is InChI=1S/C20H28N4O2.C20H28N4O.C18H23ClN4O2.C18H26N4O2.C17H24N4O/c1-13-9-10-16-18(21-13)24(14-6-4-7-14)19(22-16)23-17(25)12-15-8-5-11-20(2,3)26-15;1-14-9-10-16-18(21-14)24(15-7-6-8-15)19(22-16)23-17(25)13-20(2)11-4-3-5-12-20;19-15-9-8-14-17(21-15)23(12-4-3-5-12)18(20-14)22-16(24)10-11-25-13-6-1-2-7-13;1-12-8-9-14-16(19-12)22(13-6-5-7-13)17(20-14)21-15(23)10-11-24-18(2,3)4;1-4-11(2)10-15(22)20-17-19-14-9-8-12(3)18-16(14)21(17)13-6-5-7-13/h9-10,14-15H,4-8,11-12H2,1-3H3,(H,22,23,25);9-10,15H,3-8,11-13H2,1-2H3,(H,22,23,25);8-9,12-13H,1-7,10-11H2,(H,20,22,24);8-9,13H,5-7,10-11H2,1-4H3,(H,20,21,23);8-9,11,13H,4-7,10H2,1-3H3,(H,19,20,22)/t15-;;;;/m1..../s1. The molecule has 122 heavy (non-hydrogen) atoms. The summed E-state index contributed by atoms with van der Waals surface area (Å²) in [5.74, 6) is 3.50. The summed E-state index contributed by atoms with van der Waals surface area (Å²) in [4.78, 5) is 108. The van der Waals surface area contributed by atoms with E-state index in [1.807, 2.05) is 108 Å². The number of carbonyl (C=O) groups excluding carboxylic acids is 5. The highest BCUT2D eigenvalue weighted by atomic mass is 35.5. The molecule has 656 valence electrons. The first-order chi connectivity index (χ1) is 58.6. The molecule has 0 spiro atoms. The van der Waals surface area contributed by atoms with Gasteiger partial charge < -0.3 is 14.2 Å². The number of ether oxygens (including phenoxy) is 3. The van der Waals surface area contributed by atoms with E-state index in [9.17, 15) is 24.0 Å². The summed E-state index contributed by atoms with van der Waals surface area (Å²) in [7, 11) is 0. The van der Waals surface area contributed by atoms with Crippen molar-refractivity contribution in [1.82, 2.24) is 72.7 Å². The fourth-order valence-electron chi connectivity index (χ4n) is 17.4. The molecule has 28 nitrogen and oxygen atoms in total. The van der Waals surface area contributed by atoms with Crippen LogP contribution in [0.3, 0.4) is 0 Å². The lowest BCUT2D eigenvalue weighted by molar-refractivity contribution is -0.131. The Kier molecular flexibility index (Phi) is 28.9. The zero-order chi connectivity index (χ0) is 86.0. The summed E-state index contributed by atoms with van der Waals surface area (Å²) >= 11 is 6.05. The average molecular weight is 1690 g/mol. The smallest absolute Gasteiger partial charge is 0.229 e. The number of anilines is 5. The van der Waals surface area contributed by atoms with Crippen LogP contribution in [0.25, 0.3) is 55.8 Å². The molecule has 2 atom stereocenters. The van der Waals surface area contributed by atoms with Gasteiger partial charge in [0.15, 0.2) is 28.2 Å². The van der Waals surface area contributed by atoms with Crippen LogP contribution in [0.1, 0.15) is 320 Å². The molecule has 29 heteroatoms. The van der Waals surface area contributed by atoms with Crippen molar-refractivity contribution in [1.29, 1.82) is 0 Å². The maximum atomic E-state index is 12.7. The number of amides is 5. The van der Waals surface area contributed by atoms with Crippen LogP contribution in [0.2, 0.25) is 5.15 Å². The maximum Gasteiger partial charge on any atom is 0.229 e. The second-order valence-corrected chi connectivity index (χ2v) is 37.8. The number of nitrogens with one attached hydrogen (secondary N) is 5. The number of aromatic nitrogens is 15. The molecule has 5 N–H and O–H groups in total. The highest BCUT2D eigenvalue weighted by Crippen LogP contribution is 2.44. The Labute approximate surface area is 722 Å². The van der Waals surface area contributed by atoms with E-state index in [-0.39, 0.29) is 52.3 Å². The zero-order valence-electron chi connectivity index (χ0n) is 74.0. The van der Waals surface area contributed by atoms with Gasteiger partial charge in [-0.2, -0.15) is 0 Å². The second kappa shape index (κ2) is 39.6. The molecule has 8 aliphatic rings. The molecule has 10 aromatic rings. The number of fused-ring (bicyclic) bond motifs is 5. The minimum Gasteiger partial charge on any atom is -0.378 e. The van der Waals surface area contributed by atoms with Gasteiger partial charge in [0.25, 0.3) is 0 Å². The van der Waals surface area contributed by atoms with Crippen molar-refractivity contribution in [2.45, 2.75) is 349 Å². The lowest BCUT2D eigenvalue weighted by atomic mass is 9.73. The summed E-state index contributed by atoms with van der Waals surface area (Å²) in [5.41, 5.74) is 12.1. The predicted molar refractivity (Wildman–Crippen MR) is 480 cm³/mol. The molecule has 0 bridgehead atoms. The fourth-order valence-corrected chi connectivity index (χ4v) is 17.6. The quantitative estimate of drug-likeness (QED) is 0.0351. The summed E-state index contributed by atoms with van der Waals surface area (Å²) in [6, 6.07) is 21.3. The third kappa shape index (κ3) is 22.6. The minimum atomic E-state index is -0.235. The molecule has 8 fully saturated rings. The Morgan fingerprint density at radius 3 is 1.16 bits per heavy atom. The Bertz CT molecular complexity index is 5310. The molecule has 18 rings (SSSR count).